The SMILES string of the molecule is N#Cc1cc2ncccc2cc1O. The largest absolute Gasteiger partial charge is 0.507 e. The molecule has 0 spiro atoms. The predicted molar refractivity (Wildman–Crippen MR) is 48.1 cm³/mol. The maximum Gasteiger partial charge on any atom is 0.134 e. The summed E-state index contributed by atoms with van der Waals surface area (Å²) in [7, 11) is 0. The molecule has 0 aliphatic rings. The standard InChI is InChI=1S/C10H6N2O/c11-6-8-4-9-7(5-10(8)13)2-1-3-12-9/h1-5,13H. The minimum absolute atomic E-state index is 0.00278. The summed E-state index contributed by atoms with van der Waals surface area (Å²) in [5, 5.41) is 18.8. The van der Waals surface area contributed by atoms with Crippen molar-refractivity contribution in [1.82, 2.24) is 4.98 Å². The molecule has 1 N–H and O–H groups in total. The number of phenolic OH excluding ortho intramolecular Hbond substituents is 1. The Bertz CT molecular complexity index is 500. The van der Waals surface area contributed by atoms with Crippen molar-refractivity contribution in [3.05, 3.63) is 36.0 Å². The van der Waals surface area contributed by atoms with Crippen molar-refractivity contribution in [3.8, 4) is 11.8 Å². The summed E-state index contributed by atoms with van der Waals surface area (Å²) in [5.74, 6) is 0.00278. The number of nitriles is 1. The summed E-state index contributed by atoms with van der Waals surface area (Å²) in [6.45, 7) is 0. The highest BCUT2D eigenvalue weighted by Crippen LogP contribution is 2.22. The van der Waals surface area contributed by atoms with Crippen molar-refractivity contribution in [2.75, 3.05) is 0 Å². The molecule has 1 heterocycles. The van der Waals surface area contributed by atoms with Gasteiger partial charge in [-0.25, -0.2) is 0 Å². The van der Waals surface area contributed by atoms with E-state index in [4.69, 9.17) is 5.26 Å². The molecular weight excluding hydrogens is 164 g/mol. The highest BCUT2D eigenvalue weighted by atomic mass is 16.3. The van der Waals surface area contributed by atoms with Crippen LogP contribution in [0.1, 0.15) is 5.56 Å². The topological polar surface area (TPSA) is 56.9 Å². The van der Waals surface area contributed by atoms with E-state index in [9.17, 15) is 5.11 Å². The van der Waals surface area contributed by atoms with Gasteiger partial charge < -0.3 is 5.11 Å². The minimum atomic E-state index is 0.00278. The number of aromatic nitrogens is 1. The zero-order chi connectivity index (χ0) is 9.26. The summed E-state index contributed by atoms with van der Waals surface area (Å²) >= 11 is 0. The van der Waals surface area contributed by atoms with Gasteiger partial charge in [-0.15, -0.1) is 0 Å². The molecular formula is C10H6N2O. The van der Waals surface area contributed by atoms with Gasteiger partial charge >= 0.3 is 0 Å². The maximum absolute atomic E-state index is 9.36. The molecule has 3 nitrogen and oxygen atoms in total. The quantitative estimate of drug-likeness (QED) is 0.656. The first-order valence-corrected chi connectivity index (χ1v) is 3.79. The molecule has 0 unspecified atom stereocenters. The summed E-state index contributed by atoms with van der Waals surface area (Å²) in [6, 6.07) is 8.64. The molecule has 0 saturated heterocycles. The van der Waals surface area contributed by atoms with E-state index in [1.807, 2.05) is 12.1 Å². The second-order valence-corrected chi connectivity index (χ2v) is 2.68. The third kappa shape index (κ3) is 1.18. The average molecular weight is 170 g/mol. The third-order valence-electron chi connectivity index (χ3n) is 1.84. The third-order valence-corrected chi connectivity index (χ3v) is 1.84. The zero-order valence-electron chi connectivity index (χ0n) is 6.73. The lowest BCUT2D eigenvalue weighted by Crippen LogP contribution is -1.81. The molecule has 1 aromatic heterocycles. The highest BCUT2D eigenvalue weighted by Gasteiger charge is 2.02. The monoisotopic (exact) mass is 170 g/mol. The van der Waals surface area contributed by atoms with Crippen LogP contribution in [0.4, 0.5) is 0 Å². The van der Waals surface area contributed by atoms with Crippen molar-refractivity contribution in [2.24, 2.45) is 0 Å². The van der Waals surface area contributed by atoms with E-state index < -0.39 is 0 Å². The van der Waals surface area contributed by atoms with E-state index in [-0.39, 0.29) is 11.3 Å². The second kappa shape index (κ2) is 2.76. The lowest BCUT2D eigenvalue weighted by molar-refractivity contribution is 0.474. The van der Waals surface area contributed by atoms with Crippen molar-refractivity contribution < 1.29 is 5.11 Å². The number of aromatic hydroxyl groups is 1. The fraction of sp³-hybridized carbons (Fsp3) is 0. The van der Waals surface area contributed by atoms with Crippen LogP contribution in [0.3, 0.4) is 0 Å². The predicted octanol–water partition coefficient (Wildman–Crippen LogP) is 1.81. The van der Waals surface area contributed by atoms with Gasteiger partial charge in [-0.3, -0.25) is 4.98 Å². The Morgan fingerprint density at radius 1 is 1.38 bits per heavy atom. The average Bonchev–Trinajstić information content (AvgIpc) is 2.17. The zero-order valence-corrected chi connectivity index (χ0v) is 6.73. The van der Waals surface area contributed by atoms with E-state index in [0.717, 1.165) is 10.9 Å². The molecule has 0 atom stereocenters. The van der Waals surface area contributed by atoms with Gasteiger partial charge in [-0.05, 0) is 18.2 Å². The normalized spacial score (nSPS) is 9.77. The lowest BCUT2D eigenvalue weighted by Gasteiger charge is -1.98. The van der Waals surface area contributed by atoms with Crippen LogP contribution in [-0.2, 0) is 0 Å². The summed E-state index contributed by atoms with van der Waals surface area (Å²) < 4.78 is 0. The van der Waals surface area contributed by atoms with Crippen LogP contribution in [0.5, 0.6) is 5.75 Å². The molecule has 13 heavy (non-hydrogen) atoms. The van der Waals surface area contributed by atoms with Crippen LogP contribution in [0.25, 0.3) is 10.9 Å². The molecule has 2 aromatic rings. The fourth-order valence-corrected chi connectivity index (χ4v) is 1.20. The summed E-state index contributed by atoms with van der Waals surface area (Å²) in [4.78, 5) is 4.07. The molecule has 0 saturated carbocycles. The minimum Gasteiger partial charge on any atom is -0.507 e. The van der Waals surface area contributed by atoms with Crippen molar-refractivity contribution in [3.63, 3.8) is 0 Å². The first kappa shape index (κ1) is 7.56. The second-order valence-electron chi connectivity index (χ2n) is 2.68. The number of pyridine rings is 1. The molecule has 0 radical (unpaired) electrons. The smallest absolute Gasteiger partial charge is 0.134 e. The molecule has 0 bridgehead atoms. The van der Waals surface area contributed by atoms with Gasteiger partial charge in [0.2, 0.25) is 0 Å². The number of rotatable bonds is 0. The molecule has 1 aromatic carbocycles. The molecule has 0 fully saturated rings. The Balaban J connectivity index is 2.83. The number of hydrogen-bond acceptors (Lipinski definition) is 3. The van der Waals surface area contributed by atoms with E-state index in [0.29, 0.717) is 0 Å². The molecule has 62 valence electrons. The van der Waals surface area contributed by atoms with E-state index in [2.05, 4.69) is 4.98 Å². The molecule has 3 heteroatoms. The van der Waals surface area contributed by atoms with Gasteiger partial charge in [-0.2, -0.15) is 5.26 Å². The number of hydrogen-bond donors (Lipinski definition) is 1. The van der Waals surface area contributed by atoms with Gasteiger partial charge in [0.15, 0.2) is 0 Å². The number of benzene rings is 1. The van der Waals surface area contributed by atoms with Crippen LogP contribution in [0.15, 0.2) is 30.5 Å². The lowest BCUT2D eigenvalue weighted by atomic mass is 10.1. The Morgan fingerprint density at radius 3 is 3.00 bits per heavy atom. The van der Waals surface area contributed by atoms with Crippen LogP contribution in [0.2, 0.25) is 0 Å². The molecule has 0 amide bonds. The van der Waals surface area contributed by atoms with Crippen LogP contribution >= 0.6 is 0 Å². The molecule has 0 aliphatic carbocycles. The first-order valence-electron chi connectivity index (χ1n) is 3.79. The maximum atomic E-state index is 9.36. The van der Waals surface area contributed by atoms with Crippen molar-refractivity contribution >= 4 is 10.9 Å². The Labute approximate surface area is 74.9 Å². The molecule has 2 rings (SSSR count). The van der Waals surface area contributed by atoms with Gasteiger partial charge in [0, 0.05) is 11.6 Å². The van der Waals surface area contributed by atoms with Crippen LogP contribution in [-0.4, -0.2) is 10.1 Å². The van der Waals surface area contributed by atoms with Crippen LogP contribution in [0, 0.1) is 11.3 Å². The summed E-state index contributed by atoms with van der Waals surface area (Å²) in [6.07, 6.45) is 1.65. The summed E-state index contributed by atoms with van der Waals surface area (Å²) in [5.41, 5.74) is 0.975. The van der Waals surface area contributed by atoms with Gasteiger partial charge in [0.05, 0.1) is 11.1 Å². The fourth-order valence-electron chi connectivity index (χ4n) is 1.20. The molecule has 0 aliphatic heterocycles. The van der Waals surface area contributed by atoms with Crippen molar-refractivity contribution in [1.29, 1.82) is 5.26 Å². The number of phenols is 1. The Hall–Kier alpha value is -2.08. The highest BCUT2D eigenvalue weighted by molar-refractivity contribution is 5.82. The van der Waals surface area contributed by atoms with E-state index in [1.54, 1.807) is 24.4 Å². The number of fused-ring (bicyclic) bond motifs is 1. The van der Waals surface area contributed by atoms with E-state index in [1.165, 1.54) is 0 Å². The van der Waals surface area contributed by atoms with E-state index >= 15 is 0 Å². The van der Waals surface area contributed by atoms with Gasteiger partial charge in [0.25, 0.3) is 0 Å². The first-order chi connectivity index (χ1) is 6.31. The Morgan fingerprint density at radius 2 is 2.23 bits per heavy atom. The van der Waals surface area contributed by atoms with Gasteiger partial charge in [0.1, 0.15) is 11.8 Å². The van der Waals surface area contributed by atoms with Gasteiger partial charge in [-0.1, -0.05) is 6.07 Å². The number of nitrogens with zero attached hydrogens (tertiary/aromatic N) is 2. The van der Waals surface area contributed by atoms with Crippen LogP contribution < -0.4 is 0 Å². The van der Waals surface area contributed by atoms with Crippen molar-refractivity contribution in [2.45, 2.75) is 0 Å². The Kier molecular flexibility index (Phi) is 1.60.